The number of methoxy groups -OCH3 is 2. The van der Waals surface area contributed by atoms with Crippen LogP contribution < -0.4 is 19.1 Å². The molecule has 11 heteroatoms. The Morgan fingerprint density at radius 2 is 1.60 bits per heavy atom. The molecule has 3 rings (SSSR count). The van der Waals surface area contributed by atoms with Crippen molar-refractivity contribution in [1.82, 2.24) is 10.2 Å². The smallest absolute Gasteiger partial charge is 0.264 e. The Bertz CT molecular complexity index is 1430. The lowest BCUT2D eigenvalue weighted by atomic mass is 10.1. The van der Waals surface area contributed by atoms with Crippen molar-refractivity contribution in [3.8, 4) is 11.5 Å². The van der Waals surface area contributed by atoms with E-state index in [1.807, 2.05) is 19.9 Å². The second-order valence-corrected chi connectivity index (χ2v) is 11.9. The number of carbonyl (C=O) groups excluding carboxylic acids is 2. The van der Waals surface area contributed by atoms with E-state index in [0.29, 0.717) is 29.5 Å². The maximum absolute atomic E-state index is 14.1. The molecule has 226 valence electrons. The topological polar surface area (TPSA) is 105 Å². The van der Waals surface area contributed by atoms with Crippen LogP contribution in [0.2, 0.25) is 5.02 Å². The van der Waals surface area contributed by atoms with Crippen LogP contribution in [0.3, 0.4) is 0 Å². The van der Waals surface area contributed by atoms with E-state index in [9.17, 15) is 18.0 Å². The fourth-order valence-corrected chi connectivity index (χ4v) is 5.94. The van der Waals surface area contributed by atoms with Gasteiger partial charge in [0.1, 0.15) is 24.1 Å². The van der Waals surface area contributed by atoms with Crippen molar-refractivity contribution in [2.75, 3.05) is 31.6 Å². The van der Waals surface area contributed by atoms with Gasteiger partial charge in [-0.3, -0.25) is 13.9 Å². The summed E-state index contributed by atoms with van der Waals surface area (Å²) in [5.41, 5.74) is 0.990. The molecular weight excluding hydrogens is 578 g/mol. The number of ether oxygens (including phenoxy) is 2. The van der Waals surface area contributed by atoms with E-state index in [4.69, 9.17) is 21.1 Å². The Balaban J connectivity index is 2.04. The molecule has 42 heavy (non-hydrogen) atoms. The number of halogens is 1. The first-order valence-electron chi connectivity index (χ1n) is 13.8. The summed E-state index contributed by atoms with van der Waals surface area (Å²) in [5, 5.41) is 3.34. The summed E-state index contributed by atoms with van der Waals surface area (Å²) in [6.45, 7) is 3.86. The van der Waals surface area contributed by atoms with Crippen LogP contribution in [-0.4, -0.2) is 58.5 Å². The highest BCUT2D eigenvalue weighted by Gasteiger charge is 2.33. The number of nitrogens with one attached hydrogen (secondary N) is 1. The lowest BCUT2D eigenvalue weighted by molar-refractivity contribution is -0.140. The lowest BCUT2D eigenvalue weighted by Crippen LogP contribution is -2.52. The number of anilines is 1. The fourth-order valence-electron chi connectivity index (χ4n) is 4.40. The largest absolute Gasteiger partial charge is 0.497 e. The Labute approximate surface area is 253 Å². The highest BCUT2D eigenvalue weighted by Crippen LogP contribution is 2.27. The minimum atomic E-state index is -4.21. The van der Waals surface area contributed by atoms with Crippen molar-refractivity contribution >= 4 is 39.1 Å². The van der Waals surface area contributed by atoms with Gasteiger partial charge in [-0.1, -0.05) is 44.0 Å². The van der Waals surface area contributed by atoms with Crippen molar-refractivity contribution in [2.24, 2.45) is 0 Å². The molecule has 9 nitrogen and oxygen atoms in total. The maximum atomic E-state index is 14.1. The van der Waals surface area contributed by atoms with Crippen molar-refractivity contribution in [3.05, 3.63) is 83.4 Å². The van der Waals surface area contributed by atoms with Gasteiger partial charge in [0.2, 0.25) is 11.8 Å². The zero-order valence-electron chi connectivity index (χ0n) is 24.4. The van der Waals surface area contributed by atoms with Gasteiger partial charge in [-0.25, -0.2) is 8.42 Å². The highest BCUT2D eigenvalue weighted by molar-refractivity contribution is 7.92. The Morgan fingerprint density at radius 3 is 2.19 bits per heavy atom. The second-order valence-electron chi connectivity index (χ2n) is 9.61. The van der Waals surface area contributed by atoms with E-state index in [2.05, 4.69) is 5.32 Å². The molecule has 3 aromatic rings. The monoisotopic (exact) mass is 615 g/mol. The van der Waals surface area contributed by atoms with E-state index in [1.165, 1.54) is 48.4 Å². The number of unbranched alkanes of at least 4 members (excludes halogenated alkanes) is 1. The van der Waals surface area contributed by atoms with Crippen LogP contribution in [0.4, 0.5) is 5.69 Å². The predicted octanol–water partition coefficient (Wildman–Crippen LogP) is 5.28. The van der Waals surface area contributed by atoms with Crippen molar-refractivity contribution in [1.29, 1.82) is 0 Å². The zero-order valence-corrected chi connectivity index (χ0v) is 26.0. The molecule has 0 radical (unpaired) electrons. The molecule has 1 N–H and O–H groups in total. The van der Waals surface area contributed by atoms with Gasteiger partial charge in [0.25, 0.3) is 10.0 Å². The van der Waals surface area contributed by atoms with Crippen LogP contribution >= 0.6 is 11.6 Å². The van der Waals surface area contributed by atoms with E-state index < -0.39 is 28.5 Å². The van der Waals surface area contributed by atoms with Gasteiger partial charge in [-0.15, -0.1) is 0 Å². The van der Waals surface area contributed by atoms with Gasteiger partial charge >= 0.3 is 0 Å². The first kappa shape index (κ1) is 32.8. The first-order valence-corrected chi connectivity index (χ1v) is 15.6. The lowest BCUT2D eigenvalue weighted by Gasteiger charge is -2.33. The molecule has 0 spiro atoms. The summed E-state index contributed by atoms with van der Waals surface area (Å²) in [4.78, 5) is 28.8. The standard InChI is InChI=1S/C31H38ClN3O6S/c1-5-7-19-33-31(37)29(6-2)34(21-23-9-8-10-27(20-23)41-4)30(36)22-35(25-13-11-24(32)12-14-25)42(38,39)28-17-15-26(40-3)16-18-28/h8-18,20,29H,5-7,19,21-22H2,1-4H3,(H,33,37)/t29-/m0/s1. The van der Waals surface area contributed by atoms with Gasteiger partial charge in [-0.05, 0) is 79.1 Å². The second kappa shape index (κ2) is 15.5. The van der Waals surface area contributed by atoms with Crippen molar-refractivity contribution in [2.45, 2.75) is 50.6 Å². The van der Waals surface area contributed by atoms with Gasteiger partial charge < -0.3 is 19.7 Å². The molecule has 0 aliphatic carbocycles. The molecule has 0 aliphatic rings. The summed E-state index contributed by atoms with van der Waals surface area (Å²) in [6.07, 6.45) is 2.04. The summed E-state index contributed by atoms with van der Waals surface area (Å²) in [7, 11) is -1.17. The third kappa shape index (κ3) is 8.39. The minimum Gasteiger partial charge on any atom is -0.497 e. The summed E-state index contributed by atoms with van der Waals surface area (Å²) >= 11 is 6.09. The minimum absolute atomic E-state index is 0.0188. The molecule has 0 saturated heterocycles. The number of amides is 2. The number of sulfonamides is 1. The van der Waals surface area contributed by atoms with Crippen LogP contribution in [0.1, 0.15) is 38.7 Å². The first-order chi connectivity index (χ1) is 20.1. The molecule has 0 fully saturated rings. The number of nitrogens with zero attached hydrogens (tertiary/aromatic N) is 2. The van der Waals surface area contributed by atoms with Crippen LogP contribution in [0.15, 0.2) is 77.7 Å². The van der Waals surface area contributed by atoms with E-state index in [1.54, 1.807) is 37.4 Å². The van der Waals surface area contributed by atoms with Gasteiger partial charge in [-0.2, -0.15) is 0 Å². The molecule has 0 aliphatic heterocycles. The van der Waals surface area contributed by atoms with E-state index >= 15 is 0 Å². The number of hydrogen-bond donors (Lipinski definition) is 1. The molecule has 0 heterocycles. The Morgan fingerprint density at radius 1 is 0.929 bits per heavy atom. The summed E-state index contributed by atoms with van der Waals surface area (Å²) < 4.78 is 39.5. The van der Waals surface area contributed by atoms with Gasteiger partial charge in [0.05, 0.1) is 24.8 Å². The molecule has 3 aromatic carbocycles. The molecule has 0 bridgehead atoms. The van der Waals surface area contributed by atoms with E-state index in [-0.39, 0.29) is 23.0 Å². The molecule has 0 unspecified atom stereocenters. The fraction of sp³-hybridized carbons (Fsp3) is 0.355. The van der Waals surface area contributed by atoms with Crippen molar-refractivity contribution < 1.29 is 27.5 Å². The molecule has 0 aromatic heterocycles. The number of benzene rings is 3. The van der Waals surface area contributed by atoms with Crippen LogP contribution in [-0.2, 0) is 26.2 Å². The zero-order chi connectivity index (χ0) is 30.7. The summed E-state index contributed by atoms with van der Waals surface area (Å²) in [6, 6.07) is 18.5. The van der Waals surface area contributed by atoms with Crippen LogP contribution in [0.25, 0.3) is 0 Å². The average Bonchev–Trinajstić information content (AvgIpc) is 3.00. The van der Waals surface area contributed by atoms with Gasteiger partial charge in [0.15, 0.2) is 0 Å². The molecular formula is C31H38ClN3O6S. The van der Waals surface area contributed by atoms with Crippen LogP contribution in [0.5, 0.6) is 11.5 Å². The SMILES string of the molecule is CCCCNC(=O)[C@H](CC)N(Cc1cccc(OC)c1)C(=O)CN(c1ccc(Cl)cc1)S(=O)(=O)c1ccc(OC)cc1. The normalized spacial score (nSPS) is 11.8. The number of carbonyl (C=O) groups is 2. The molecule has 1 atom stereocenters. The predicted molar refractivity (Wildman–Crippen MR) is 165 cm³/mol. The summed E-state index contributed by atoms with van der Waals surface area (Å²) in [5.74, 6) is 0.262. The van der Waals surface area contributed by atoms with Crippen molar-refractivity contribution in [3.63, 3.8) is 0 Å². The van der Waals surface area contributed by atoms with Crippen LogP contribution in [0, 0.1) is 0 Å². The van der Waals surface area contributed by atoms with Gasteiger partial charge in [0, 0.05) is 18.1 Å². The molecule has 0 saturated carbocycles. The Kier molecular flexibility index (Phi) is 12.1. The number of rotatable bonds is 15. The highest BCUT2D eigenvalue weighted by atomic mass is 35.5. The number of hydrogen-bond acceptors (Lipinski definition) is 6. The third-order valence-corrected chi connectivity index (χ3v) is 8.78. The maximum Gasteiger partial charge on any atom is 0.264 e. The average molecular weight is 616 g/mol. The van der Waals surface area contributed by atoms with E-state index in [0.717, 1.165) is 22.7 Å². The third-order valence-electron chi connectivity index (χ3n) is 6.74. The Hall–Kier alpha value is -3.76. The molecule has 2 amide bonds. The quantitative estimate of drug-likeness (QED) is 0.233.